The topological polar surface area (TPSA) is 206 Å². The number of Topliss-reactive ketones (excluding diaryl/α,β-unsaturated/α-hetero) is 1. The van der Waals surface area contributed by atoms with Gasteiger partial charge in [-0.2, -0.15) is 0 Å². The second-order valence-electron chi connectivity index (χ2n) is 8.53. The predicted molar refractivity (Wildman–Crippen MR) is 157 cm³/mol. The fourth-order valence-electron chi connectivity index (χ4n) is 3.66. The van der Waals surface area contributed by atoms with Crippen molar-refractivity contribution in [2.24, 2.45) is 0 Å². The molecule has 0 radical (unpaired) electrons. The Morgan fingerprint density at radius 2 is 1.19 bits per heavy atom. The van der Waals surface area contributed by atoms with Crippen molar-refractivity contribution in [1.82, 2.24) is 21.3 Å². The van der Waals surface area contributed by atoms with E-state index in [0.29, 0.717) is 23.9 Å². The zero-order valence-electron chi connectivity index (χ0n) is 22.5. The molecule has 0 saturated carbocycles. The lowest BCUT2D eigenvalue weighted by Crippen LogP contribution is -2.34. The second-order valence-corrected chi connectivity index (χ2v) is 8.53. The van der Waals surface area contributed by atoms with Crippen molar-refractivity contribution in [1.29, 1.82) is 0 Å². The van der Waals surface area contributed by atoms with Crippen LogP contribution < -0.4 is 30.7 Å². The summed E-state index contributed by atoms with van der Waals surface area (Å²) in [6.07, 6.45) is -1.71. The minimum atomic E-state index is -0.936. The van der Waals surface area contributed by atoms with Gasteiger partial charge in [-0.05, 0) is 6.07 Å². The maximum atomic E-state index is 12.6. The molecule has 16 heteroatoms. The first-order valence-corrected chi connectivity index (χ1v) is 12.4. The van der Waals surface area contributed by atoms with Gasteiger partial charge in [0.05, 0.1) is 18.2 Å². The summed E-state index contributed by atoms with van der Waals surface area (Å²) in [7, 11) is 0. The number of furan rings is 1. The number of amides is 2. The molecular weight excluding hydrogens is 599 g/mol. The van der Waals surface area contributed by atoms with Crippen molar-refractivity contribution in [2.45, 2.75) is 19.8 Å². The van der Waals surface area contributed by atoms with E-state index < -0.39 is 29.9 Å². The molecule has 0 aliphatic heterocycles. The molecule has 14 nitrogen and oxygen atoms in total. The number of nitrogens with one attached hydrogen (secondary N) is 4. The molecule has 2 aromatic carbocycles. The Morgan fingerprint density at radius 1 is 0.714 bits per heavy atom. The molecule has 3 rings (SSSR count). The van der Waals surface area contributed by atoms with Crippen LogP contribution in [0.25, 0.3) is 21.7 Å². The van der Waals surface area contributed by atoms with Gasteiger partial charge in [0.15, 0.2) is 28.6 Å². The van der Waals surface area contributed by atoms with Crippen LogP contribution in [0.4, 0.5) is 9.59 Å². The highest BCUT2D eigenvalue weighted by Crippen LogP contribution is 2.44. The highest BCUT2D eigenvalue weighted by molar-refractivity contribution is 6.12. The number of halogens is 2. The van der Waals surface area contributed by atoms with Gasteiger partial charge in [0, 0.05) is 57.0 Å². The molecule has 2 amide bonds. The lowest BCUT2D eigenvalue weighted by atomic mass is 10.1. The first-order chi connectivity index (χ1) is 19.2. The average molecular weight is 631 g/mol. The predicted octanol–water partition coefficient (Wildman–Crippen LogP) is 2.94. The van der Waals surface area contributed by atoms with E-state index in [4.69, 9.17) is 24.1 Å². The smallest absolute Gasteiger partial charge is 0.412 e. The highest BCUT2D eigenvalue weighted by atomic mass is 35.5. The van der Waals surface area contributed by atoms with Crippen LogP contribution in [0.1, 0.15) is 30.3 Å². The molecule has 1 heterocycles. The Bertz CT molecular complexity index is 1320. The van der Waals surface area contributed by atoms with Crippen molar-refractivity contribution in [3.05, 3.63) is 36.1 Å². The molecule has 0 unspecified atom stereocenters. The standard InChI is InChI=1S/C26H30N4O10.2ClH/c1-15(31)19-14-18-22(39-25(36)29-12-10-27-8-6-20(32)33)16-4-2-3-5-17(16)23(24(18)38-19)40-26(37)30-13-11-28-9-7-21(34)35;;/h2-5,14,27-28H,6-13H2,1H3,(H,29,36)(H,30,37)(H,32,33)(H,34,35);2*1H. The number of benzene rings is 2. The molecule has 0 fully saturated rings. The fraction of sp³-hybridized carbons (Fsp3) is 0.346. The number of carbonyl (C=O) groups excluding carboxylic acids is 3. The molecule has 0 saturated heterocycles. The third kappa shape index (κ3) is 10.4. The highest BCUT2D eigenvalue weighted by Gasteiger charge is 2.24. The zero-order valence-corrected chi connectivity index (χ0v) is 24.2. The summed E-state index contributed by atoms with van der Waals surface area (Å²) < 4.78 is 16.9. The average Bonchev–Trinajstić information content (AvgIpc) is 3.35. The third-order valence-electron chi connectivity index (χ3n) is 5.51. The quantitative estimate of drug-likeness (QED) is 0.106. The number of rotatable bonds is 15. The van der Waals surface area contributed by atoms with E-state index >= 15 is 0 Å². The third-order valence-corrected chi connectivity index (χ3v) is 5.51. The summed E-state index contributed by atoms with van der Waals surface area (Å²) >= 11 is 0. The second kappa shape index (κ2) is 17.6. The van der Waals surface area contributed by atoms with E-state index in [1.807, 2.05) is 0 Å². The van der Waals surface area contributed by atoms with Crippen molar-refractivity contribution in [3.8, 4) is 11.5 Å². The molecule has 0 bridgehead atoms. The molecule has 3 aromatic rings. The Balaban J connectivity index is 0.00000441. The minimum absolute atomic E-state index is 0. The van der Waals surface area contributed by atoms with Gasteiger partial charge >= 0.3 is 24.1 Å². The number of hydrogen-bond donors (Lipinski definition) is 6. The van der Waals surface area contributed by atoms with Gasteiger partial charge in [-0.3, -0.25) is 14.4 Å². The van der Waals surface area contributed by atoms with E-state index in [0.717, 1.165) is 0 Å². The maximum absolute atomic E-state index is 12.6. The summed E-state index contributed by atoms with van der Waals surface area (Å²) in [6, 6.07) is 8.08. The number of ether oxygens (including phenoxy) is 2. The molecule has 6 N–H and O–H groups in total. The zero-order chi connectivity index (χ0) is 29.1. The summed E-state index contributed by atoms with van der Waals surface area (Å²) in [6.45, 7) is 2.73. The number of carboxylic acid groups (broad SMARTS) is 2. The van der Waals surface area contributed by atoms with E-state index in [1.54, 1.807) is 24.3 Å². The number of fused-ring (bicyclic) bond motifs is 2. The van der Waals surface area contributed by atoms with Crippen molar-refractivity contribution >= 4 is 76.5 Å². The first kappa shape index (κ1) is 35.9. The van der Waals surface area contributed by atoms with E-state index in [1.165, 1.54) is 13.0 Å². The van der Waals surface area contributed by atoms with Crippen LogP contribution in [0, 0.1) is 0 Å². The van der Waals surface area contributed by atoms with Gasteiger partial charge in [0.2, 0.25) is 0 Å². The lowest BCUT2D eigenvalue weighted by molar-refractivity contribution is -0.137. The number of ketones is 1. The van der Waals surface area contributed by atoms with Gasteiger partial charge in [0.1, 0.15) is 0 Å². The van der Waals surface area contributed by atoms with Crippen molar-refractivity contribution < 1.29 is 48.1 Å². The van der Waals surface area contributed by atoms with Gasteiger partial charge in [-0.1, -0.05) is 24.3 Å². The SMILES string of the molecule is CC(=O)c1cc2c(OC(=O)NCCNCCC(=O)O)c3ccccc3c(OC(=O)NCCNCCC(=O)O)c2o1.Cl.Cl. The molecule has 230 valence electrons. The molecule has 42 heavy (non-hydrogen) atoms. The van der Waals surface area contributed by atoms with Gasteiger partial charge in [-0.15, -0.1) is 24.8 Å². The monoisotopic (exact) mass is 630 g/mol. The number of aliphatic carboxylic acids is 2. The number of hydrogen-bond acceptors (Lipinski definition) is 10. The number of carboxylic acids is 2. The molecule has 0 aliphatic carbocycles. The lowest BCUT2D eigenvalue weighted by Gasteiger charge is -2.14. The van der Waals surface area contributed by atoms with Crippen LogP contribution >= 0.6 is 24.8 Å². The Morgan fingerprint density at radius 3 is 1.67 bits per heavy atom. The Labute approximate surface area is 252 Å². The van der Waals surface area contributed by atoms with Gasteiger partial charge in [-0.25, -0.2) is 9.59 Å². The molecule has 0 spiro atoms. The van der Waals surface area contributed by atoms with E-state index in [9.17, 15) is 24.0 Å². The molecule has 1 aromatic heterocycles. The largest absolute Gasteiger partial charge is 0.481 e. The normalized spacial score (nSPS) is 10.3. The molecular formula is C26H32Cl2N4O10. The molecule has 0 atom stereocenters. The van der Waals surface area contributed by atoms with Crippen LogP contribution in [-0.2, 0) is 9.59 Å². The summed E-state index contributed by atoms with van der Waals surface area (Å²) in [5.74, 6) is -2.19. The van der Waals surface area contributed by atoms with Crippen LogP contribution in [0.15, 0.2) is 34.7 Å². The van der Waals surface area contributed by atoms with Crippen molar-refractivity contribution in [2.75, 3.05) is 39.3 Å². The maximum Gasteiger partial charge on any atom is 0.412 e. The van der Waals surface area contributed by atoms with Crippen LogP contribution in [0.5, 0.6) is 11.5 Å². The van der Waals surface area contributed by atoms with E-state index in [-0.39, 0.29) is 92.1 Å². The van der Waals surface area contributed by atoms with Crippen LogP contribution in [0.2, 0.25) is 0 Å². The Hall–Kier alpha value is -4.11. The summed E-state index contributed by atoms with van der Waals surface area (Å²) in [5, 5.41) is 29.3. The van der Waals surface area contributed by atoms with E-state index in [2.05, 4.69) is 21.3 Å². The van der Waals surface area contributed by atoms with Crippen LogP contribution in [-0.4, -0.2) is 79.4 Å². The Kier molecular flexibility index (Phi) is 15.1. The van der Waals surface area contributed by atoms with Gasteiger partial charge < -0.3 is 45.4 Å². The fourth-order valence-corrected chi connectivity index (χ4v) is 3.66. The van der Waals surface area contributed by atoms with Crippen molar-refractivity contribution in [3.63, 3.8) is 0 Å². The van der Waals surface area contributed by atoms with Gasteiger partial charge in [0.25, 0.3) is 0 Å². The summed E-state index contributed by atoms with van der Waals surface area (Å²) in [4.78, 5) is 58.4. The number of carbonyl (C=O) groups is 5. The minimum Gasteiger partial charge on any atom is -0.481 e. The summed E-state index contributed by atoms with van der Waals surface area (Å²) in [5.41, 5.74) is 0.0248. The molecule has 0 aliphatic rings. The first-order valence-electron chi connectivity index (χ1n) is 12.4. The van der Waals surface area contributed by atoms with Crippen LogP contribution in [0.3, 0.4) is 0 Å².